The highest BCUT2D eigenvalue weighted by molar-refractivity contribution is 5.63. The summed E-state index contributed by atoms with van der Waals surface area (Å²) in [4.78, 5) is 10.7. The molecular formula is C19H17FN6O. The summed E-state index contributed by atoms with van der Waals surface area (Å²) >= 11 is 0. The van der Waals surface area contributed by atoms with Gasteiger partial charge in [-0.15, -0.1) is 0 Å². The van der Waals surface area contributed by atoms with E-state index < -0.39 is 0 Å². The van der Waals surface area contributed by atoms with Crippen LogP contribution in [0.25, 0.3) is 28.5 Å². The maximum atomic E-state index is 13.1. The smallest absolute Gasteiger partial charge is 0.261 e. The minimum atomic E-state index is -0.292. The molecule has 4 aromatic rings. The van der Waals surface area contributed by atoms with Crippen molar-refractivity contribution >= 4 is 5.82 Å². The second kappa shape index (κ2) is 6.64. The number of hydrogen-bond donors (Lipinski definition) is 0. The van der Waals surface area contributed by atoms with Crippen molar-refractivity contribution in [2.75, 3.05) is 19.0 Å². The van der Waals surface area contributed by atoms with Crippen LogP contribution in [0.2, 0.25) is 0 Å². The molecule has 8 heteroatoms. The van der Waals surface area contributed by atoms with Crippen LogP contribution in [-0.4, -0.2) is 39.0 Å². The number of aromatic nitrogens is 5. The molecule has 7 nitrogen and oxygen atoms in total. The van der Waals surface area contributed by atoms with Crippen LogP contribution in [0.4, 0.5) is 10.2 Å². The van der Waals surface area contributed by atoms with Gasteiger partial charge in [0.1, 0.15) is 11.6 Å². The van der Waals surface area contributed by atoms with Gasteiger partial charge in [0.05, 0.1) is 23.1 Å². The lowest BCUT2D eigenvalue weighted by Gasteiger charge is -2.10. The van der Waals surface area contributed by atoms with Gasteiger partial charge in [0.15, 0.2) is 0 Å². The van der Waals surface area contributed by atoms with E-state index in [9.17, 15) is 4.39 Å². The molecule has 0 spiro atoms. The van der Waals surface area contributed by atoms with Gasteiger partial charge < -0.3 is 9.42 Å². The number of halogens is 1. The summed E-state index contributed by atoms with van der Waals surface area (Å²) < 4.78 is 20.3. The van der Waals surface area contributed by atoms with Gasteiger partial charge in [0.25, 0.3) is 5.89 Å². The van der Waals surface area contributed by atoms with Crippen molar-refractivity contribution in [3.05, 3.63) is 60.3 Å². The van der Waals surface area contributed by atoms with Gasteiger partial charge in [-0.3, -0.25) is 0 Å². The molecule has 0 fully saturated rings. The average molecular weight is 364 g/mol. The van der Waals surface area contributed by atoms with E-state index in [0.717, 1.165) is 28.3 Å². The summed E-state index contributed by atoms with van der Waals surface area (Å²) in [6.07, 6.45) is 3.37. The largest absolute Gasteiger partial charge is 0.363 e. The van der Waals surface area contributed by atoms with E-state index in [0.29, 0.717) is 11.7 Å². The molecule has 0 bridgehead atoms. The minimum Gasteiger partial charge on any atom is -0.363 e. The highest BCUT2D eigenvalue weighted by Gasteiger charge is 2.17. The van der Waals surface area contributed by atoms with Gasteiger partial charge in [-0.2, -0.15) is 10.1 Å². The monoisotopic (exact) mass is 364 g/mol. The topological polar surface area (TPSA) is 72.9 Å². The van der Waals surface area contributed by atoms with Crippen LogP contribution in [0, 0.1) is 12.7 Å². The third kappa shape index (κ3) is 3.17. The van der Waals surface area contributed by atoms with Crippen LogP contribution in [0.1, 0.15) is 5.69 Å². The van der Waals surface area contributed by atoms with E-state index >= 15 is 0 Å². The second-order valence-electron chi connectivity index (χ2n) is 6.25. The molecule has 27 heavy (non-hydrogen) atoms. The number of hydrogen-bond acceptors (Lipinski definition) is 6. The van der Waals surface area contributed by atoms with Crippen LogP contribution in [0.3, 0.4) is 0 Å². The Balaban J connectivity index is 1.68. The molecule has 136 valence electrons. The highest BCUT2D eigenvalue weighted by atomic mass is 19.1. The zero-order valence-electron chi connectivity index (χ0n) is 15.1. The number of benzene rings is 1. The van der Waals surface area contributed by atoms with Crippen LogP contribution < -0.4 is 4.90 Å². The molecule has 3 heterocycles. The minimum absolute atomic E-state index is 0.292. The van der Waals surface area contributed by atoms with Crippen molar-refractivity contribution in [3.8, 4) is 28.5 Å². The number of rotatable bonds is 4. The normalized spacial score (nSPS) is 11.0. The molecule has 0 amide bonds. The maximum Gasteiger partial charge on any atom is 0.261 e. The average Bonchev–Trinajstić information content (AvgIpc) is 3.29. The van der Waals surface area contributed by atoms with Crippen molar-refractivity contribution in [2.24, 2.45) is 0 Å². The molecular weight excluding hydrogens is 347 g/mol. The first-order valence-corrected chi connectivity index (χ1v) is 8.31. The Kier molecular flexibility index (Phi) is 4.15. The van der Waals surface area contributed by atoms with Crippen molar-refractivity contribution in [3.63, 3.8) is 0 Å². The molecule has 0 aliphatic carbocycles. The fourth-order valence-corrected chi connectivity index (χ4v) is 2.71. The summed E-state index contributed by atoms with van der Waals surface area (Å²) in [6.45, 7) is 1.89. The number of anilines is 1. The summed E-state index contributed by atoms with van der Waals surface area (Å²) in [5.74, 6) is 1.36. The third-order valence-electron chi connectivity index (χ3n) is 4.20. The van der Waals surface area contributed by atoms with Crippen molar-refractivity contribution in [1.29, 1.82) is 0 Å². The number of nitrogens with zero attached hydrogens (tertiary/aromatic N) is 6. The molecule has 0 radical (unpaired) electrons. The van der Waals surface area contributed by atoms with Gasteiger partial charge in [-0.1, -0.05) is 5.16 Å². The first-order chi connectivity index (χ1) is 13.0. The zero-order chi connectivity index (χ0) is 19.0. The van der Waals surface area contributed by atoms with Crippen LogP contribution in [0.5, 0.6) is 0 Å². The van der Waals surface area contributed by atoms with Crippen LogP contribution >= 0.6 is 0 Å². The fraction of sp³-hybridized carbons (Fsp3) is 0.158. The summed E-state index contributed by atoms with van der Waals surface area (Å²) in [5.41, 5.74) is 3.11. The molecule has 0 saturated heterocycles. The van der Waals surface area contributed by atoms with Crippen molar-refractivity contribution in [2.45, 2.75) is 6.92 Å². The highest BCUT2D eigenvalue weighted by Crippen LogP contribution is 2.27. The van der Waals surface area contributed by atoms with Gasteiger partial charge in [0.2, 0.25) is 5.82 Å². The van der Waals surface area contributed by atoms with E-state index in [1.807, 2.05) is 38.1 Å². The Morgan fingerprint density at radius 2 is 1.89 bits per heavy atom. The van der Waals surface area contributed by atoms with E-state index in [-0.39, 0.29) is 5.82 Å². The van der Waals surface area contributed by atoms with Gasteiger partial charge in [-0.05, 0) is 43.3 Å². The molecule has 4 rings (SSSR count). The molecule has 0 N–H and O–H groups in total. The van der Waals surface area contributed by atoms with Crippen molar-refractivity contribution in [1.82, 2.24) is 24.9 Å². The molecule has 0 aliphatic heterocycles. The Morgan fingerprint density at radius 3 is 2.63 bits per heavy atom. The first kappa shape index (κ1) is 16.9. The molecule has 0 atom stereocenters. The predicted molar refractivity (Wildman–Crippen MR) is 99.1 cm³/mol. The summed E-state index contributed by atoms with van der Waals surface area (Å²) in [5, 5.41) is 8.44. The lowest BCUT2D eigenvalue weighted by Crippen LogP contribution is -2.10. The van der Waals surface area contributed by atoms with E-state index in [1.54, 1.807) is 29.2 Å². The molecule has 0 saturated carbocycles. The molecule has 0 unspecified atom stereocenters. The van der Waals surface area contributed by atoms with E-state index in [1.165, 1.54) is 12.1 Å². The van der Waals surface area contributed by atoms with Crippen LogP contribution in [0.15, 0.2) is 53.3 Å². The lowest BCUT2D eigenvalue weighted by atomic mass is 10.2. The molecule has 0 aliphatic rings. The van der Waals surface area contributed by atoms with Gasteiger partial charge >= 0.3 is 0 Å². The predicted octanol–water partition coefficient (Wildman–Crippen LogP) is 3.50. The lowest BCUT2D eigenvalue weighted by molar-refractivity contribution is 0.432. The van der Waals surface area contributed by atoms with E-state index in [2.05, 4.69) is 20.2 Å². The molecule has 1 aromatic carbocycles. The molecule has 3 aromatic heterocycles. The maximum absolute atomic E-state index is 13.1. The Morgan fingerprint density at radius 1 is 1.11 bits per heavy atom. The number of pyridine rings is 1. The van der Waals surface area contributed by atoms with E-state index in [4.69, 9.17) is 4.52 Å². The summed E-state index contributed by atoms with van der Waals surface area (Å²) in [6, 6.07) is 9.84. The van der Waals surface area contributed by atoms with Gasteiger partial charge in [0, 0.05) is 25.9 Å². The Bertz CT molecular complexity index is 1080. The Labute approximate surface area is 155 Å². The summed E-state index contributed by atoms with van der Waals surface area (Å²) in [7, 11) is 3.84. The van der Waals surface area contributed by atoms with Crippen LogP contribution in [-0.2, 0) is 0 Å². The second-order valence-corrected chi connectivity index (χ2v) is 6.25. The zero-order valence-corrected chi connectivity index (χ0v) is 15.1. The van der Waals surface area contributed by atoms with Crippen molar-refractivity contribution < 1.29 is 8.91 Å². The quantitative estimate of drug-likeness (QED) is 0.552. The van der Waals surface area contributed by atoms with Gasteiger partial charge in [-0.25, -0.2) is 14.1 Å². The standard InChI is InChI=1S/C19H17FN6O/c1-12-16(11-22-26(12)15-6-4-14(20)5-7-15)19-23-18(24-27-19)13-8-9-21-17(10-13)25(2)3/h4-11H,1-3H3. The fourth-order valence-electron chi connectivity index (χ4n) is 2.71. The Hall–Kier alpha value is -3.55. The third-order valence-corrected chi connectivity index (χ3v) is 4.20. The first-order valence-electron chi connectivity index (χ1n) is 8.31. The SMILES string of the molecule is Cc1c(-c2nc(-c3ccnc(N(C)C)c3)no2)cnn1-c1ccc(F)cc1.